The Morgan fingerprint density at radius 1 is 1.32 bits per heavy atom. The number of carboxylic acids is 1. The zero-order valence-corrected chi connectivity index (χ0v) is 13.0. The van der Waals surface area contributed by atoms with E-state index in [-0.39, 0.29) is 19.1 Å². The van der Waals surface area contributed by atoms with Crippen molar-refractivity contribution in [2.45, 2.75) is 39.7 Å². The average Bonchev–Trinajstić information content (AvgIpc) is 2.89. The summed E-state index contributed by atoms with van der Waals surface area (Å²) in [5.41, 5.74) is 0.333. The Hall–Kier alpha value is -2.24. The lowest BCUT2D eigenvalue weighted by molar-refractivity contribution is -0.144. The van der Waals surface area contributed by atoms with Gasteiger partial charge in [-0.15, -0.1) is 0 Å². The van der Waals surface area contributed by atoms with Crippen molar-refractivity contribution in [3.63, 3.8) is 0 Å². The fraction of sp³-hybridized carbons (Fsp3) is 0.500. The van der Waals surface area contributed by atoms with Crippen LogP contribution in [-0.4, -0.2) is 29.8 Å². The molecule has 1 heterocycles. The zero-order valence-electron chi connectivity index (χ0n) is 13.0. The molecule has 120 valence electrons. The molecule has 0 bridgehead atoms. The van der Waals surface area contributed by atoms with Crippen LogP contribution >= 0.6 is 0 Å². The Balaban J connectivity index is 1.96. The molecule has 1 amide bonds. The maximum absolute atomic E-state index is 12.0. The first-order valence-corrected chi connectivity index (χ1v) is 7.18. The van der Waals surface area contributed by atoms with Gasteiger partial charge in [0.2, 0.25) is 12.7 Å². The Labute approximate surface area is 129 Å². The van der Waals surface area contributed by atoms with E-state index >= 15 is 0 Å². The number of amides is 1. The van der Waals surface area contributed by atoms with E-state index in [1.54, 1.807) is 20.8 Å². The highest BCUT2D eigenvalue weighted by Gasteiger charge is 2.32. The summed E-state index contributed by atoms with van der Waals surface area (Å²) in [4.78, 5) is 23.3. The lowest BCUT2D eigenvalue weighted by Gasteiger charge is -2.27. The van der Waals surface area contributed by atoms with Crippen LogP contribution in [0.2, 0.25) is 0 Å². The molecule has 0 aromatic heterocycles. The van der Waals surface area contributed by atoms with Gasteiger partial charge in [-0.25, -0.2) is 4.79 Å². The van der Waals surface area contributed by atoms with E-state index in [2.05, 4.69) is 5.32 Å². The van der Waals surface area contributed by atoms with Gasteiger partial charge in [0.1, 0.15) is 6.04 Å². The van der Waals surface area contributed by atoms with Gasteiger partial charge in [-0.2, -0.15) is 0 Å². The van der Waals surface area contributed by atoms with Gasteiger partial charge in [-0.3, -0.25) is 4.79 Å². The van der Waals surface area contributed by atoms with Crippen molar-refractivity contribution in [1.29, 1.82) is 0 Å². The molecule has 1 aromatic carbocycles. The van der Waals surface area contributed by atoms with Crippen LogP contribution in [0, 0.1) is 5.41 Å². The average molecular weight is 307 g/mol. The quantitative estimate of drug-likeness (QED) is 0.868. The Morgan fingerprint density at radius 3 is 2.68 bits per heavy atom. The molecule has 2 N–H and O–H groups in total. The van der Waals surface area contributed by atoms with E-state index in [4.69, 9.17) is 9.47 Å². The van der Waals surface area contributed by atoms with E-state index in [0.29, 0.717) is 17.9 Å². The minimum absolute atomic E-state index is 0.184. The largest absolute Gasteiger partial charge is 0.480 e. The Kier molecular flexibility index (Phi) is 4.59. The summed E-state index contributed by atoms with van der Waals surface area (Å²) in [5.74, 6) is 0.0222. The highest BCUT2D eigenvalue weighted by atomic mass is 16.7. The summed E-state index contributed by atoms with van der Waals surface area (Å²) in [6, 6.07) is 4.61. The first kappa shape index (κ1) is 16.1. The molecule has 1 aliphatic rings. The van der Waals surface area contributed by atoms with E-state index < -0.39 is 17.4 Å². The number of rotatable bonds is 5. The number of ether oxygens (including phenoxy) is 2. The molecule has 0 unspecified atom stereocenters. The molecule has 0 aliphatic carbocycles. The Bertz CT molecular complexity index is 576. The second kappa shape index (κ2) is 6.25. The molecular weight excluding hydrogens is 286 g/mol. The molecule has 0 saturated heterocycles. The molecule has 1 aromatic rings. The molecule has 2 rings (SSSR count). The minimum Gasteiger partial charge on any atom is -0.480 e. The standard InChI is InChI=1S/C16H21NO5/c1-16(2,3)14(15(19)20)17-12(18)8-7-10-5-4-6-11-13(10)22-9-21-11/h4-6,14H,7-9H2,1-3H3,(H,17,18)(H,19,20)/t14-/m1/s1. The molecular formula is C16H21NO5. The van der Waals surface area contributed by atoms with Gasteiger partial charge in [0.25, 0.3) is 0 Å². The van der Waals surface area contributed by atoms with Gasteiger partial charge in [0.15, 0.2) is 11.5 Å². The monoisotopic (exact) mass is 307 g/mol. The molecule has 22 heavy (non-hydrogen) atoms. The zero-order chi connectivity index (χ0) is 16.3. The van der Waals surface area contributed by atoms with Crippen molar-refractivity contribution in [1.82, 2.24) is 5.32 Å². The summed E-state index contributed by atoms with van der Waals surface area (Å²) in [6.07, 6.45) is 0.661. The van der Waals surface area contributed by atoms with Crippen molar-refractivity contribution in [2.24, 2.45) is 5.41 Å². The van der Waals surface area contributed by atoms with Crippen molar-refractivity contribution in [3.05, 3.63) is 23.8 Å². The summed E-state index contributed by atoms with van der Waals surface area (Å²) in [6.45, 7) is 5.52. The third-order valence-corrected chi connectivity index (χ3v) is 3.52. The molecule has 0 fully saturated rings. The van der Waals surface area contributed by atoms with Gasteiger partial charge < -0.3 is 19.9 Å². The van der Waals surface area contributed by atoms with Gasteiger partial charge in [0.05, 0.1) is 0 Å². The highest BCUT2D eigenvalue weighted by Crippen LogP contribution is 2.35. The molecule has 1 aliphatic heterocycles. The van der Waals surface area contributed by atoms with Crippen LogP contribution in [0.4, 0.5) is 0 Å². The summed E-state index contributed by atoms with van der Waals surface area (Å²) >= 11 is 0. The lowest BCUT2D eigenvalue weighted by atomic mass is 9.86. The van der Waals surface area contributed by atoms with Crippen molar-refractivity contribution in [3.8, 4) is 11.5 Å². The second-order valence-corrected chi connectivity index (χ2v) is 6.36. The minimum atomic E-state index is -1.03. The molecule has 0 saturated carbocycles. The predicted molar refractivity (Wildman–Crippen MR) is 79.9 cm³/mol. The van der Waals surface area contributed by atoms with Gasteiger partial charge in [0, 0.05) is 6.42 Å². The van der Waals surface area contributed by atoms with Crippen LogP contribution in [0.15, 0.2) is 18.2 Å². The van der Waals surface area contributed by atoms with Crippen LogP contribution in [0.1, 0.15) is 32.8 Å². The van der Waals surface area contributed by atoms with Crippen LogP contribution in [0.25, 0.3) is 0 Å². The number of carbonyl (C=O) groups excluding carboxylic acids is 1. The van der Waals surface area contributed by atoms with Crippen LogP contribution < -0.4 is 14.8 Å². The first-order valence-electron chi connectivity index (χ1n) is 7.18. The fourth-order valence-electron chi connectivity index (χ4n) is 2.32. The molecule has 1 atom stereocenters. The number of carboxylic acid groups (broad SMARTS) is 1. The van der Waals surface area contributed by atoms with Crippen molar-refractivity contribution >= 4 is 11.9 Å². The molecule has 6 heteroatoms. The van der Waals surface area contributed by atoms with Gasteiger partial charge >= 0.3 is 5.97 Å². The van der Waals surface area contributed by atoms with Crippen molar-refractivity contribution in [2.75, 3.05) is 6.79 Å². The summed E-state index contributed by atoms with van der Waals surface area (Å²) in [7, 11) is 0. The number of nitrogens with one attached hydrogen (secondary N) is 1. The number of fused-ring (bicyclic) bond motifs is 1. The predicted octanol–water partition coefficient (Wildman–Crippen LogP) is 1.96. The fourth-order valence-corrected chi connectivity index (χ4v) is 2.32. The number of aliphatic carboxylic acids is 1. The number of benzene rings is 1. The maximum Gasteiger partial charge on any atom is 0.326 e. The topological polar surface area (TPSA) is 84.9 Å². The normalized spacial score (nSPS) is 14.5. The number of hydrogen-bond acceptors (Lipinski definition) is 4. The van der Waals surface area contributed by atoms with E-state index in [9.17, 15) is 14.7 Å². The number of carbonyl (C=O) groups is 2. The van der Waals surface area contributed by atoms with E-state index in [1.807, 2.05) is 18.2 Å². The summed E-state index contributed by atoms with van der Waals surface area (Å²) in [5, 5.41) is 11.8. The Morgan fingerprint density at radius 2 is 2.05 bits per heavy atom. The number of para-hydroxylation sites is 1. The SMILES string of the molecule is CC(C)(C)[C@H](NC(=O)CCc1cccc2c1OCO2)C(=O)O. The summed E-state index contributed by atoms with van der Waals surface area (Å²) < 4.78 is 10.7. The van der Waals surface area contributed by atoms with Gasteiger partial charge in [-0.1, -0.05) is 32.9 Å². The van der Waals surface area contributed by atoms with Crippen LogP contribution in [0.5, 0.6) is 11.5 Å². The molecule has 0 radical (unpaired) electrons. The maximum atomic E-state index is 12.0. The highest BCUT2D eigenvalue weighted by molar-refractivity contribution is 5.84. The first-order chi connectivity index (χ1) is 10.3. The molecule has 0 spiro atoms. The van der Waals surface area contributed by atoms with Crippen LogP contribution in [-0.2, 0) is 16.0 Å². The lowest BCUT2D eigenvalue weighted by Crippen LogP contribution is -2.49. The third-order valence-electron chi connectivity index (χ3n) is 3.52. The van der Waals surface area contributed by atoms with Crippen molar-refractivity contribution < 1.29 is 24.2 Å². The smallest absolute Gasteiger partial charge is 0.326 e. The van der Waals surface area contributed by atoms with Crippen LogP contribution in [0.3, 0.4) is 0 Å². The van der Waals surface area contributed by atoms with Gasteiger partial charge in [-0.05, 0) is 23.5 Å². The second-order valence-electron chi connectivity index (χ2n) is 6.36. The number of aryl methyl sites for hydroxylation is 1. The number of hydrogen-bond donors (Lipinski definition) is 2. The third kappa shape index (κ3) is 3.69. The van der Waals surface area contributed by atoms with E-state index in [1.165, 1.54) is 0 Å². The van der Waals surface area contributed by atoms with E-state index in [0.717, 1.165) is 5.56 Å². The molecule has 6 nitrogen and oxygen atoms in total.